The van der Waals surface area contributed by atoms with Gasteiger partial charge in [-0.1, -0.05) is 24.3 Å². The van der Waals surface area contributed by atoms with Crippen molar-refractivity contribution in [2.45, 2.75) is 13.2 Å². The Labute approximate surface area is 110 Å². The number of aliphatic hydroxyl groups excluding tert-OH is 1. The third-order valence-corrected chi connectivity index (χ3v) is 2.78. The van der Waals surface area contributed by atoms with Gasteiger partial charge in [0.15, 0.2) is 0 Å². The van der Waals surface area contributed by atoms with E-state index < -0.39 is 5.97 Å². The van der Waals surface area contributed by atoms with Gasteiger partial charge >= 0.3 is 5.97 Å². The van der Waals surface area contributed by atoms with Gasteiger partial charge in [-0.3, -0.25) is 0 Å². The average Bonchev–Trinajstić information content (AvgIpc) is 2.45. The molecule has 0 aliphatic heterocycles. The summed E-state index contributed by atoms with van der Waals surface area (Å²) in [6.07, 6.45) is 0. The van der Waals surface area contributed by atoms with E-state index in [1.807, 2.05) is 24.3 Å². The fourth-order valence-corrected chi connectivity index (χ4v) is 1.71. The zero-order valence-corrected chi connectivity index (χ0v) is 10.2. The molecule has 0 amide bonds. The number of benzene rings is 2. The Hall–Kier alpha value is -2.33. The highest BCUT2D eigenvalue weighted by molar-refractivity contribution is 5.87. The van der Waals surface area contributed by atoms with Crippen molar-refractivity contribution >= 4 is 5.97 Å². The van der Waals surface area contributed by atoms with Crippen LogP contribution in [0.5, 0.6) is 5.75 Å². The maximum Gasteiger partial charge on any atom is 0.335 e. The number of hydrogen-bond acceptors (Lipinski definition) is 3. The highest BCUT2D eigenvalue weighted by Crippen LogP contribution is 2.16. The minimum atomic E-state index is -0.961. The molecule has 2 N–H and O–H groups in total. The summed E-state index contributed by atoms with van der Waals surface area (Å²) in [6.45, 7) is 0.306. The van der Waals surface area contributed by atoms with E-state index in [9.17, 15) is 9.90 Å². The van der Waals surface area contributed by atoms with E-state index in [-0.39, 0.29) is 12.2 Å². The van der Waals surface area contributed by atoms with Crippen LogP contribution in [0.15, 0.2) is 48.5 Å². The summed E-state index contributed by atoms with van der Waals surface area (Å²) in [4.78, 5) is 10.7. The largest absolute Gasteiger partial charge is 0.489 e. The molecule has 0 spiro atoms. The molecule has 0 saturated heterocycles. The fourth-order valence-electron chi connectivity index (χ4n) is 1.71. The molecule has 2 aromatic rings. The zero-order valence-electron chi connectivity index (χ0n) is 10.2. The van der Waals surface area contributed by atoms with Gasteiger partial charge in [0, 0.05) is 0 Å². The minimum Gasteiger partial charge on any atom is -0.489 e. The van der Waals surface area contributed by atoms with E-state index in [0.717, 1.165) is 11.1 Å². The lowest BCUT2D eigenvalue weighted by molar-refractivity contribution is 0.0697. The van der Waals surface area contributed by atoms with Crippen molar-refractivity contribution in [1.82, 2.24) is 0 Å². The van der Waals surface area contributed by atoms with Gasteiger partial charge in [0.05, 0.1) is 12.2 Å². The second-order valence-electron chi connectivity index (χ2n) is 4.05. The Morgan fingerprint density at radius 1 is 1.00 bits per heavy atom. The van der Waals surface area contributed by atoms with Gasteiger partial charge in [-0.2, -0.15) is 0 Å². The number of carbonyl (C=O) groups is 1. The zero-order chi connectivity index (χ0) is 13.7. The van der Waals surface area contributed by atoms with Crippen LogP contribution in [0.2, 0.25) is 0 Å². The number of aliphatic hydroxyl groups is 1. The highest BCUT2D eigenvalue weighted by Gasteiger charge is 2.04. The van der Waals surface area contributed by atoms with E-state index in [0.29, 0.717) is 12.4 Å². The van der Waals surface area contributed by atoms with Crippen molar-refractivity contribution in [3.8, 4) is 5.75 Å². The molecule has 0 aliphatic carbocycles. The predicted octanol–water partition coefficient (Wildman–Crippen LogP) is 2.46. The third kappa shape index (κ3) is 3.33. The number of carboxylic acids is 1. The van der Waals surface area contributed by atoms with Crippen LogP contribution in [0.25, 0.3) is 0 Å². The molecule has 0 bridgehead atoms. The lowest BCUT2D eigenvalue weighted by atomic mass is 10.1. The van der Waals surface area contributed by atoms with Crippen LogP contribution in [-0.2, 0) is 13.2 Å². The molecule has 98 valence electrons. The minimum absolute atomic E-state index is 0.0303. The van der Waals surface area contributed by atoms with Gasteiger partial charge in [-0.15, -0.1) is 0 Å². The van der Waals surface area contributed by atoms with Crippen molar-refractivity contribution < 1.29 is 19.7 Å². The molecule has 4 nitrogen and oxygen atoms in total. The molecule has 0 saturated carbocycles. The summed E-state index contributed by atoms with van der Waals surface area (Å²) >= 11 is 0. The number of ether oxygens (including phenoxy) is 1. The summed E-state index contributed by atoms with van der Waals surface area (Å²) in [5, 5.41) is 18.0. The van der Waals surface area contributed by atoms with Crippen molar-refractivity contribution in [2.75, 3.05) is 0 Å². The topological polar surface area (TPSA) is 66.8 Å². The number of rotatable bonds is 5. The molecule has 4 heteroatoms. The van der Waals surface area contributed by atoms with Crippen LogP contribution in [0, 0.1) is 0 Å². The molecule has 0 heterocycles. The first-order valence-corrected chi connectivity index (χ1v) is 5.84. The van der Waals surface area contributed by atoms with Crippen molar-refractivity contribution in [3.05, 3.63) is 65.2 Å². The number of carboxylic acid groups (broad SMARTS) is 1. The predicted molar refractivity (Wildman–Crippen MR) is 70.1 cm³/mol. The summed E-state index contributed by atoms with van der Waals surface area (Å²) in [5.41, 5.74) is 1.96. The second-order valence-corrected chi connectivity index (χ2v) is 4.05. The first kappa shape index (κ1) is 13.1. The van der Waals surface area contributed by atoms with Crippen molar-refractivity contribution in [2.24, 2.45) is 0 Å². The second kappa shape index (κ2) is 6.02. The Balaban J connectivity index is 2.04. The van der Waals surface area contributed by atoms with Crippen molar-refractivity contribution in [1.29, 1.82) is 0 Å². The van der Waals surface area contributed by atoms with Crippen LogP contribution in [0.3, 0.4) is 0 Å². The molecule has 2 aromatic carbocycles. The maximum atomic E-state index is 10.7. The van der Waals surface area contributed by atoms with Gasteiger partial charge in [-0.05, 0) is 35.4 Å². The normalized spacial score (nSPS) is 10.2. The van der Waals surface area contributed by atoms with E-state index in [2.05, 4.69) is 0 Å². The van der Waals surface area contributed by atoms with Crippen LogP contribution >= 0.6 is 0 Å². The first-order chi connectivity index (χ1) is 9.20. The average molecular weight is 258 g/mol. The number of aromatic carboxylic acids is 1. The molecule has 0 fully saturated rings. The molecule has 0 radical (unpaired) electrons. The van der Waals surface area contributed by atoms with Crippen LogP contribution < -0.4 is 4.74 Å². The third-order valence-electron chi connectivity index (χ3n) is 2.78. The quantitative estimate of drug-likeness (QED) is 0.864. The van der Waals surface area contributed by atoms with E-state index in [1.165, 1.54) is 12.1 Å². The summed E-state index contributed by atoms with van der Waals surface area (Å²) in [6, 6.07) is 13.7. The monoisotopic (exact) mass is 258 g/mol. The van der Waals surface area contributed by atoms with Gasteiger partial charge in [0.1, 0.15) is 12.4 Å². The van der Waals surface area contributed by atoms with E-state index in [4.69, 9.17) is 9.84 Å². The Bertz CT molecular complexity index is 561. The van der Waals surface area contributed by atoms with Gasteiger partial charge in [0.2, 0.25) is 0 Å². The standard InChI is InChI=1S/C15H14O4/c16-9-12-3-1-2-4-13(12)10-19-14-7-5-11(6-8-14)15(17)18/h1-8,16H,9-10H2,(H,17,18). The molecule has 0 atom stereocenters. The Morgan fingerprint density at radius 2 is 1.63 bits per heavy atom. The first-order valence-electron chi connectivity index (χ1n) is 5.84. The van der Waals surface area contributed by atoms with Gasteiger partial charge in [0.25, 0.3) is 0 Å². The smallest absolute Gasteiger partial charge is 0.335 e. The SMILES string of the molecule is O=C(O)c1ccc(OCc2ccccc2CO)cc1. The Morgan fingerprint density at radius 3 is 2.21 bits per heavy atom. The molecule has 0 aromatic heterocycles. The fraction of sp³-hybridized carbons (Fsp3) is 0.133. The van der Waals surface area contributed by atoms with Gasteiger partial charge in [-0.25, -0.2) is 4.79 Å². The molecule has 0 aliphatic rings. The maximum absolute atomic E-state index is 10.7. The molecular weight excluding hydrogens is 244 g/mol. The summed E-state index contributed by atoms with van der Waals surface area (Å²) in [7, 11) is 0. The van der Waals surface area contributed by atoms with E-state index >= 15 is 0 Å². The van der Waals surface area contributed by atoms with Crippen LogP contribution in [0.1, 0.15) is 21.5 Å². The molecule has 2 rings (SSSR count). The van der Waals surface area contributed by atoms with E-state index in [1.54, 1.807) is 12.1 Å². The summed E-state index contributed by atoms with van der Waals surface area (Å²) in [5.74, 6) is -0.366. The summed E-state index contributed by atoms with van der Waals surface area (Å²) < 4.78 is 5.57. The molecular formula is C15H14O4. The van der Waals surface area contributed by atoms with Gasteiger partial charge < -0.3 is 14.9 Å². The van der Waals surface area contributed by atoms with Crippen LogP contribution in [0.4, 0.5) is 0 Å². The Kier molecular flexibility index (Phi) is 4.15. The molecule has 19 heavy (non-hydrogen) atoms. The highest BCUT2D eigenvalue weighted by atomic mass is 16.5. The number of hydrogen-bond donors (Lipinski definition) is 2. The lowest BCUT2D eigenvalue weighted by Crippen LogP contribution is -2.01. The van der Waals surface area contributed by atoms with Crippen molar-refractivity contribution in [3.63, 3.8) is 0 Å². The molecule has 0 unspecified atom stereocenters. The lowest BCUT2D eigenvalue weighted by Gasteiger charge is -2.09. The van der Waals surface area contributed by atoms with Crippen LogP contribution in [-0.4, -0.2) is 16.2 Å².